The molecule has 0 spiro atoms. The van der Waals surface area contributed by atoms with Crippen LogP contribution in [-0.4, -0.2) is 77.5 Å². The maximum absolute atomic E-state index is 11.5. The number of ether oxygens (including phenoxy) is 6. The molecule has 0 unspecified atom stereocenters. The number of benzene rings is 2. The fourth-order valence-electron chi connectivity index (χ4n) is 2.92. The van der Waals surface area contributed by atoms with Gasteiger partial charge in [0.2, 0.25) is 0 Å². The minimum absolute atomic E-state index is 0.00513. The Balaban J connectivity index is 0.000000360. The number of aliphatic hydroxyl groups is 1. The van der Waals surface area contributed by atoms with Gasteiger partial charge in [0.1, 0.15) is 0 Å². The Bertz CT molecular complexity index is 798. The van der Waals surface area contributed by atoms with Gasteiger partial charge in [-0.2, -0.15) is 0 Å². The number of rotatable bonds is 16. The molecule has 0 saturated heterocycles. The zero-order valence-electron chi connectivity index (χ0n) is 21.4. The third-order valence-electron chi connectivity index (χ3n) is 4.69. The Morgan fingerprint density at radius 3 is 1.47 bits per heavy atom. The highest BCUT2D eigenvalue weighted by atomic mass is 16.5. The van der Waals surface area contributed by atoms with Crippen LogP contribution in [0.2, 0.25) is 0 Å². The molecule has 0 amide bonds. The van der Waals surface area contributed by atoms with Crippen molar-refractivity contribution in [2.45, 2.75) is 26.6 Å². The Morgan fingerprint density at radius 1 is 0.639 bits per heavy atom. The molecular formula is C27H38O9. The third-order valence-corrected chi connectivity index (χ3v) is 4.69. The van der Waals surface area contributed by atoms with Crippen LogP contribution in [0.3, 0.4) is 0 Å². The molecule has 0 aliphatic heterocycles. The summed E-state index contributed by atoms with van der Waals surface area (Å²) >= 11 is 0. The van der Waals surface area contributed by atoms with E-state index in [9.17, 15) is 9.59 Å². The van der Waals surface area contributed by atoms with Gasteiger partial charge in [0.25, 0.3) is 0 Å². The van der Waals surface area contributed by atoms with Crippen LogP contribution >= 0.6 is 0 Å². The number of carbonyl (C=O) groups is 2. The van der Waals surface area contributed by atoms with E-state index >= 15 is 0 Å². The smallest absolute Gasteiger partial charge is 0.338 e. The normalized spacial score (nSPS) is 10.3. The number of aliphatic hydroxyl groups excluding tert-OH is 1. The van der Waals surface area contributed by atoms with Gasteiger partial charge >= 0.3 is 11.9 Å². The molecular weight excluding hydrogens is 468 g/mol. The number of hydrogen-bond acceptors (Lipinski definition) is 9. The highest BCUT2D eigenvalue weighted by Gasteiger charge is 2.11. The largest absolute Gasteiger partial charge is 0.465 e. The van der Waals surface area contributed by atoms with E-state index in [1.54, 1.807) is 24.3 Å². The van der Waals surface area contributed by atoms with Crippen LogP contribution < -0.4 is 0 Å². The molecule has 0 radical (unpaired) electrons. The molecule has 0 heterocycles. The molecule has 0 aliphatic carbocycles. The standard InChI is InChI=1S/C14H20O4.C13H18O5/c1-3-8-17-9-10-18-11-12-6-4-5-7-13(12)14(15)16-2;1-16-13(15)12-5-3-2-4-11(12)10-18-9-8-17-7-6-14/h4-7H,3,8-11H2,1-2H3;2-5,14H,6-10H2,1H3. The summed E-state index contributed by atoms with van der Waals surface area (Å²) in [7, 11) is 2.72. The molecule has 2 rings (SSSR count). The van der Waals surface area contributed by atoms with E-state index < -0.39 is 0 Å². The fraction of sp³-hybridized carbons (Fsp3) is 0.481. The van der Waals surface area contributed by atoms with Crippen molar-refractivity contribution in [2.24, 2.45) is 0 Å². The van der Waals surface area contributed by atoms with E-state index in [2.05, 4.69) is 11.7 Å². The quantitative estimate of drug-likeness (QED) is 0.270. The molecule has 200 valence electrons. The average molecular weight is 507 g/mol. The zero-order valence-corrected chi connectivity index (χ0v) is 21.4. The number of carbonyl (C=O) groups excluding carboxylic acids is 2. The second-order valence-corrected chi connectivity index (χ2v) is 7.35. The third kappa shape index (κ3) is 12.8. The van der Waals surface area contributed by atoms with E-state index in [-0.39, 0.29) is 18.5 Å². The second kappa shape index (κ2) is 20.4. The van der Waals surface area contributed by atoms with Crippen molar-refractivity contribution in [3.8, 4) is 0 Å². The van der Waals surface area contributed by atoms with E-state index in [1.807, 2.05) is 24.3 Å². The topological polar surface area (TPSA) is 110 Å². The van der Waals surface area contributed by atoms with Crippen LogP contribution in [0, 0.1) is 0 Å². The molecule has 1 N–H and O–H groups in total. The highest BCUT2D eigenvalue weighted by Crippen LogP contribution is 2.12. The summed E-state index contributed by atoms with van der Waals surface area (Å²) in [5.74, 6) is -0.706. The van der Waals surface area contributed by atoms with E-state index in [4.69, 9.17) is 28.8 Å². The lowest BCUT2D eigenvalue weighted by atomic mass is 10.1. The Kier molecular flexibility index (Phi) is 17.7. The SMILES string of the molecule is CCCOCCOCc1ccccc1C(=O)OC.COC(=O)c1ccccc1COCCOCCO. The van der Waals surface area contributed by atoms with E-state index in [0.29, 0.717) is 57.4 Å². The Hall–Kier alpha value is -2.82. The van der Waals surface area contributed by atoms with Crippen molar-refractivity contribution in [3.63, 3.8) is 0 Å². The van der Waals surface area contributed by atoms with Gasteiger partial charge in [-0.15, -0.1) is 0 Å². The molecule has 9 nitrogen and oxygen atoms in total. The molecule has 0 fully saturated rings. The van der Waals surface area contributed by atoms with Crippen molar-refractivity contribution in [1.29, 1.82) is 0 Å². The minimum Gasteiger partial charge on any atom is -0.465 e. The molecule has 36 heavy (non-hydrogen) atoms. The fourth-order valence-corrected chi connectivity index (χ4v) is 2.92. The number of hydrogen-bond donors (Lipinski definition) is 1. The van der Waals surface area contributed by atoms with Gasteiger partial charge in [-0.05, 0) is 29.7 Å². The maximum Gasteiger partial charge on any atom is 0.338 e. The average Bonchev–Trinajstić information content (AvgIpc) is 2.92. The Morgan fingerprint density at radius 2 is 1.06 bits per heavy atom. The summed E-state index contributed by atoms with van der Waals surface area (Å²) in [5, 5.41) is 8.51. The van der Waals surface area contributed by atoms with Gasteiger partial charge in [-0.25, -0.2) is 9.59 Å². The minimum atomic E-state index is -0.370. The molecule has 0 atom stereocenters. The summed E-state index contributed by atoms with van der Waals surface area (Å²) < 4.78 is 30.6. The van der Waals surface area contributed by atoms with Gasteiger partial charge in [0.15, 0.2) is 0 Å². The van der Waals surface area contributed by atoms with Crippen molar-refractivity contribution in [1.82, 2.24) is 0 Å². The molecule has 0 aliphatic rings. The Labute approximate surface area is 213 Å². The van der Waals surface area contributed by atoms with Crippen LogP contribution in [0.5, 0.6) is 0 Å². The highest BCUT2D eigenvalue weighted by molar-refractivity contribution is 5.91. The van der Waals surface area contributed by atoms with Crippen LogP contribution in [0.1, 0.15) is 45.2 Å². The van der Waals surface area contributed by atoms with Gasteiger partial charge in [-0.3, -0.25) is 0 Å². The second-order valence-electron chi connectivity index (χ2n) is 7.35. The van der Waals surface area contributed by atoms with Gasteiger partial charge in [0, 0.05) is 6.61 Å². The first-order valence-electron chi connectivity index (χ1n) is 11.8. The predicted molar refractivity (Wildman–Crippen MR) is 134 cm³/mol. The van der Waals surface area contributed by atoms with Crippen LogP contribution in [0.25, 0.3) is 0 Å². The van der Waals surface area contributed by atoms with Gasteiger partial charge in [-0.1, -0.05) is 43.3 Å². The first kappa shape index (κ1) is 31.2. The molecule has 0 saturated carbocycles. The van der Waals surface area contributed by atoms with E-state index in [0.717, 1.165) is 24.2 Å². The zero-order chi connectivity index (χ0) is 26.4. The monoisotopic (exact) mass is 506 g/mol. The van der Waals surface area contributed by atoms with Gasteiger partial charge in [0.05, 0.1) is 78.2 Å². The van der Waals surface area contributed by atoms with Crippen LogP contribution in [-0.2, 0) is 41.6 Å². The lowest BCUT2D eigenvalue weighted by Crippen LogP contribution is -2.10. The summed E-state index contributed by atoms with van der Waals surface area (Å²) in [4.78, 5) is 23.0. The van der Waals surface area contributed by atoms with Gasteiger partial charge < -0.3 is 33.5 Å². The molecule has 0 bridgehead atoms. The van der Waals surface area contributed by atoms with Crippen molar-refractivity contribution < 1.29 is 43.1 Å². The number of methoxy groups -OCH3 is 2. The van der Waals surface area contributed by atoms with E-state index in [1.165, 1.54) is 14.2 Å². The maximum atomic E-state index is 11.5. The molecule has 2 aromatic carbocycles. The molecule has 0 aromatic heterocycles. The number of esters is 2. The molecule has 9 heteroatoms. The molecule has 2 aromatic rings. The first-order chi connectivity index (χ1) is 17.6. The van der Waals surface area contributed by atoms with Crippen molar-refractivity contribution in [2.75, 3.05) is 60.5 Å². The van der Waals surface area contributed by atoms with Crippen molar-refractivity contribution >= 4 is 11.9 Å². The lowest BCUT2D eigenvalue weighted by Gasteiger charge is -2.08. The van der Waals surface area contributed by atoms with Crippen LogP contribution in [0.15, 0.2) is 48.5 Å². The summed E-state index contributed by atoms with van der Waals surface area (Å²) in [6, 6.07) is 14.4. The lowest BCUT2D eigenvalue weighted by molar-refractivity contribution is 0.0268. The van der Waals surface area contributed by atoms with Crippen molar-refractivity contribution in [3.05, 3.63) is 70.8 Å². The summed E-state index contributed by atoms with van der Waals surface area (Å²) in [6.07, 6.45) is 1.01. The first-order valence-corrected chi connectivity index (χ1v) is 11.8. The summed E-state index contributed by atoms with van der Waals surface area (Å²) in [5.41, 5.74) is 2.68. The summed E-state index contributed by atoms with van der Waals surface area (Å²) in [6.45, 7) is 5.78. The predicted octanol–water partition coefficient (Wildman–Crippen LogP) is 3.42. The van der Waals surface area contributed by atoms with Crippen LogP contribution in [0.4, 0.5) is 0 Å².